The van der Waals surface area contributed by atoms with Crippen molar-refractivity contribution in [3.05, 3.63) is 30.1 Å². The summed E-state index contributed by atoms with van der Waals surface area (Å²) in [7, 11) is 0. The molecule has 0 aliphatic heterocycles. The first-order valence-corrected chi connectivity index (χ1v) is 7.76. The molecular formula is C12H12FN5O2S2. The molecule has 0 saturated carbocycles. The third-order valence-corrected chi connectivity index (χ3v) is 4.40. The first-order valence-electron chi connectivity index (χ1n) is 6.07. The molecule has 1 atom stereocenters. The Morgan fingerprint density at radius 2 is 2.18 bits per heavy atom. The second-order valence-electron chi connectivity index (χ2n) is 4.12. The summed E-state index contributed by atoms with van der Waals surface area (Å²) in [6.07, 6.45) is 0. The number of aromatic nitrogens is 2. The molecule has 1 aromatic heterocycles. The number of urea groups is 1. The number of hydrogen-bond donors (Lipinski definition) is 3. The number of imide groups is 1. The van der Waals surface area contributed by atoms with E-state index in [1.807, 2.05) is 5.32 Å². The second-order valence-corrected chi connectivity index (χ2v) is 6.69. The van der Waals surface area contributed by atoms with E-state index in [4.69, 9.17) is 5.73 Å². The van der Waals surface area contributed by atoms with Gasteiger partial charge in [-0.2, -0.15) is 0 Å². The van der Waals surface area contributed by atoms with Crippen LogP contribution < -0.4 is 16.4 Å². The Morgan fingerprint density at radius 3 is 2.86 bits per heavy atom. The van der Waals surface area contributed by atoms with E-state index in [0.717, 1.165) is 11.8 Å². The molecule has 0 radical (unpaired) electrons. The molecule has 0 aliphatic carbocycles. The number of anilines is 2. The predicted octanol–water partition coefficient (Wildman–Crippen LogP) is 2.10. The van der Waals surface area contributed by atoms with Crippen LogP contribution in [0.1, 0.15) is 6.92 Å². The Hall–Kier alpha value is -2.20. The highest BCUT2D eigenvalue weighted by Crippen LogP contribution is 2.30. The van der Waals surface area contributed by atoms with Gasteiger partial charge in [-0.15, -0.1) is 10.2 Å². The van der Waals surface area contributed by atoms with Crippen molar-refractivity contribution in [2.24, 2.45) is 5.73 Å². The van der Waals surface area contributed by atoms with Crippen LogP contribution in [-0.2, 0) is 4.79 Å². The fourth-order valence-corrected chi connectivity index (χ4v) is 3.34. The second kappa shape index (κ2) is 7.18. The van der Waals surface area contributed by atoms with Crippen molar-refractivity contribution in [1.82, 2.24) is 15.5 Å². The summed E-state index contributed by atoms with van der Waals surface area (Å²) in [5, 5.41) is 12.6. The fourth-order valence-electron chi connectivity index (χ4n) is 1.43. The van der Waals surface area contributed by atoms with E-state index in [1.165, 1.54) is 23.5 Å². The van der Waals surface area contributed by atoms with Crippen molar-refractivity contribution < 1.29 is 14.0 Å². The topological polar surface area (TPSA) is 110 Å². The Bertz CT molecular complexity index is 694. The predicted molar refractivity (Wildman–Crippen MR) is 82.6 cm³/mol. The van der Waals surface area contributed by atoms with Crippen molar-refractivity contribution in [2.75, 3.05) is 5.32 Å². The van der Waals surface area contributed by atoms with Gasteiger partial charge < -0.3 is 11.1 Å². The Kier molecular flexibility index (Phi) is 5.28. The van der Waals surface area contributed by atoms with Gasteiger partial charge >= 0.3 is 6.03 Å². The summed E-state index contributed by atoms with van der Waals surface area (Å²) in [4.78, 5) is 22.2. The van der Waals surface area contributed by atoms with Crippen LogP contribution in [-0.4, -0.2) is 27.4 Å². The van der Waals surface area contributed by atoms with Crippen molar-refractivity contribution in [3.8, 4) is 0 Å². The summed E-state index contributed by atoms with van der Waals surface area (Å²) >= 11 is 2.35. The summed E-state index contributed by atoms with van der Waals surface area (Å²) < 4.78 is 13.6. The Labute approximate surface area is 133 Å². The van der Waals surface area contributed by atoms with E-state index in [1.54, 1.807) is 19.1 Å². The summed E-state index contributed by atoms with van der Waals surface area (Å²) in [5.74, 6) is -0.867. The molecule has 116 valence electrons. The molecule has 0 saturated heterocycles. The number of carbonyl (C=O) groups is 2. The van der Waals surface area contributed by atoms with E-state index in [9.17, 15) is 14.0 Å². The first kappa shape index (κ1) is 16.2. The van der Waals surface area contributed by atoms with Crippen LogP contribution >= 0.6 is 23.1 Å². The normalized spacial score (nSPS) is 11.7. The van der Waals surface area contributed by atoms with Gasteiger partial charge in [0, 0.05) is 5.69 Å². The largest absolute Gasteiger partial charge is 0.351 e. The number of nitrogens with zero attached hydrogens (tertiary/aromatic N) is 2. The quantitative estimate of drug-likeness (QED) is 0.718. The van der Waals surface area contributed by atoms with Crippen LogP contribution in [0, 0.1) is 5.82 Å². The number of thioether (sulfide) groups is 1. The van der Waals surface area contributed by atoms with E-state index < -0.39 is 17.2 Å². The number of primary amides is 1. The minimum Gasteiger partial charge on any atom is -0.351 e. The highest BCUT2D eigenvalue weighted by molar-refractivity contribution is 8.02. The zero-order valence-electron chi connectivity index (χ0n) is 11.4. The number of amides is 3. The molecular weight excluding hydrogens is 329 g/mol. The fraction of sp³-hybridized carbons (Fsp3) is 0.167. The van der Waals surface area contributed by atoms with Gasteiger partial charge in [-0.25, -0.2) is 9.18 Å². The van der Waals surface area contributed by atoms with Gasteiger partial charge in [0.1, 0.15) is 5.82 Å². The lowest BCUT2D eigenvalue weighted by Gasteiger charge is -2.06. The van der Waals surface area contributed by atoms with Gasteiger partial charge in [-0.3, -0.25) is 10.1 Å². The highest BCUT2D eigenvalue weighted by Gasteiger charge is 2.18. The van der Waals surface area contributed by atoms with Crippen molar-refractivity contribution >= 4 is 45.9 Å². The third-order valence-electron chi connectivity index (χ3n) is 2.38. The number of hydrogen-bond acceptors (Lipinski definition) is 7. The lowest BCUT2D eigenvalue weighted by molar-refractivity contribution is -0.119. The molecule has 0 aliphatic rings. The number of rotatable bonds is 5. The molecule has 10 heteroatoms. The number of nitrogens with two attached hydrogens (primary N) is 1. The smallest absolute Gasteiger partial charge is 0.318 e. The minimum absolute atomic E-state index is 0.360. The van der Waals surface area contributed by atoms with Gasteiger partial charge in [0.05, 0.1) is 5.25 Å². The van der Waals surface area contributed by atoms with Gasteiger partial charge in [0.15, 0.2) is 4.34 Å². The van der Waals surface area contributed by atoms with Crippen LogP contribution in [0.3, 0.4) is 0 Å². The molecule has 0 spiro atoms. The van der Waals surface area contributed by atoms with E-state index in [0.29, 0.717) is 15.2 Å². The molecule has 22 heavy (non-hydrogen) atoms. The molecule has 2 aromatic rings. The molecule has 0 unspecified atom stereocenters. The maximum Gasteiger partial charge on any atom is 0.318 e. The van der Waals surface area contributed by atoms with Crippen molar-refractivity contribution in [3.63, 3.8) is 0 Å². The zero-order chi connectivity index (χ0) is 16.1. The van der Waals surface area contributed by atoms with E-state index in [2.05, 4.69) is 15.5 Å². The molecule has 2 rings (SSSR count). The third kappa shape index (κ3) is 4.67. The van der Waals surface area contributed by atoms with Crippen LogP contribution in [0.2, 0.25) is 0 Å². The van der Waals surface area contributed by atoms with Crippen LogP contribution in [0.4, 0.5) is 20.0 Å². The lowest BCUT2D eigenvalue weighted by Crippen LogP contribution is -2.39. The monoisotopic (exact) mass is 341 g/mol. The van der Waals surface area contributed by atoms with Crippen molar-refractivity contribution in [1.29, 1.82) is 0 Å². The average Bonchev–Trinajstić information content (AvgIpc) is 2.85. The molecule has 0 bridgehead atoms. The Morgan fingerprint density at radius 1 is 1.41 bits per heavy atom. The summed E-state index contributed by atoms with van der Waals surface area (Å²) in [6, 6.07) is 5.04. The molecule has 0 fully saturated rings. The maximum atomic E-state index is 13.1. The lowest BCUT2D eigenvalue weighted by atomic mass is 10.3. The number of nitrogens with one attached hydrogen (secondary N) is 2. The zero-order valence-corrected chi connectivity index (χ0v) is 13.0. The molecule has 4 N–H and O–H groups in total. The molecule has 3 amide bonds. The van der Waals surface area contributed by atoms with Gasteiger partial charge in [0.25, 0.3) is 0 Å². The summed E-state index contributed by atoms with van der Waals surface area (Å²) in [5.41, 5.74) is 5.43. The van der Waals surface area contributed by atoms with Crippen LogP contribution in [0.15, 0.2) is 28.6 Å². The number of halogens is 1. The molecule has 7 nitrogen and oxygen atoms in total. The van der Waals surface area contributed by atoms with Gasteiger partial charge in [0.2, 0.25) is 11.0 Å². The summed E-state index contributed by atoms with van der Waals surface area (Å²) in [6.45, 7) is 1.62. The van der Waals surface area contributed by atoms with Crippen molar-refractivity contribution in [2.45, 2.75) is 16.5 Å². The molecule has 1 heterocycles. The van der Waals surface area contributed by atoms with Crippen LogP contribution in [0.25, 0.3) is 0 Å². The van der Waals surface area contributed by atoms with Crippen LogP contribution in [0.5, 0.6) is 0 Å². The van der Waals surface area contributed by atoms with Gasteiger partial charge in [-0.1, -0.05) is 29.2 Å². The highest BCUT2D eigenvalue weighted by atomic mass is 32.2. The number of carbonyl (C=O) groups excluding carboxylic acids is 2. The van der Waals surface area contributed by atoms with E-state index >= 15 is 0 Å². The standard InChI is InChI=1S/C12H12FN5O2S2/c1-6(9(19)16-10(14)20)21-12-18-17-11(22-12)15-8-4-2-3-7(13)5-8/h2-6H,1H3,(H,15,17)(H3,14,16,19,20)/t6-/m0/s1. The number of benzene rings is 1. The Balaban J connectivity index is 1.96. The molecule has 1 aromatic carbocycles. The SMILES string of the molecule is C[C@H](Sc1nnc(Nc2cccc(F)c2)s1)C(=O)NC(N)=O. The maximum absolute atomic E-state index is 13.1. The minimum atomic E-state index is -0.900. The average molecular weight is 341 g/mol. The van der Waals surface area contributed by atoms with E-state index in [-0.39, 0.29) is 5.82 Å². The first-order chi connectivity index (χ1) is 10.4. The van der Waals surface area contributed by atoms with Gasteiger partial charge in [-0.05, 0) is 25.1 Å².